The van der Waals surface area contributed by atoms with Gasteiger partial charge in [-0.05, 0) is 66.6 Å². The summed E-state index contributed by atoms with van der Waals surface area (Å²) in [6, 6.07) is 7.13. The highest BCUT2D eigenvalue weighted by Gasteiger charge is 2.32. The number of anilines is 2. The maximum atomic E-state index is 3.77. The van der Waals surface area contributed by atoms with Gasteiger partial charge in [-0.25, -0.2) is 0 Å². The van der Waals surface area contributed by atoms with Gasteiger partial charge in [0.2, 0.25) is 0 Å². The van der Waals surface area contributed by atoms with Crippen LogP contribution in [0.2, 0.25) is 0 Å². The number of piperidine rings is 1. The molecule has 0 radical (unpaired) electrons. The van der Waals surface area contributed by atoms with Crippen molar-refractivity contribution in [2.24, 2.45) is 0 Å². The summed E-state index contributed by atoms with van der Waals surface area (Å²) in [4.78, 5) is 2.74. The van der Waals surface area contributed by atoms with Gasteiger partial charge in [0, 0.05) is 24.7 Å². The molecule has 1 aliphatic rings. The Hall–Kier alpha value is -0.790. The van der Waals surface area contributed by atoms with E-state index in [1.807, 2.05) is 0 Å². The first-order valence-electron chi connectivity index (χ1n) is 9.61. The molecule has 4 heteroatoms. The van der Waals surface area contributed by atoms with E-state index in [2.05, 4.69) is 70.6 Å². The highest BCUT2D eigenvalue weighted by Crippen LogP contribution is 2.31. The summed E-state index contributed by atoms with van der Waals surface area (Å²) >= 11 is 0. The van der Waals surface area contributed by atoms with Crippen LogP contribution in [0, 0.1) is 6.92 Å². The van der Waals surface area contributed by atoms with Gasteiger partial charge in [-0.15, -0.1) is 0 Å². The molecule has 1 fully saturated rings. The standard InChI is InChI=1S/C20H36N3P/c1-5-7-12-20(4,6-2)23-13-10-17(11-14-23)21-19-15-16(3)8-9-18(19)22-24/h8-9,15,17,21-22H,5-7,10-14,24H2,1-4H3. The predicted octanol–water partition coefficient (Wildman–Crippen LogP) is 5.43. The topological polar surface area (TPSA) is 27.3 Å². The molecule has 1 aliphatic heterocycles. The zero-order valence-corrected chi connectivity index (χ0v) is 17.1. The lowest BCUT2D eigenvalue weighted by Gasteiger charge is -2.45. The van der Waals surface area contributed by atoms with Crippen LogP contribution in [0.4, 0.5) is 11.4 Å². The smallest absolute Gasteiger partial charge is 0.0604 e. The molecule has 24 heavy (non-hydrogen) atoms. The van der Waals surface area contributed by atoms with Crippen molar-refractivity contribution in [3.05, 3.63) is 23.8 Å². The Morgan fingerprint density at radius 3 is 2.50 bits per heavy atom. The van der Waals surface area contributed by atoms with Crippen molar-refractivity contribution in [2.45, 2.75) is 77.8 Å². The normalized spacial score (nSPS) is 19.0. The minimum atomic E-state index is 0.386. The molecular formula is C20H36N3P. The van der Waals surface area contributed by atoms with Crippen molar-refractivity contribution in [2.75, 3.05) is 23.5 Å². The molecule has 0 aliphatic carbocycles. The molecule has 1 aromatic rings. The van der Waals surface area contributed by atoms with Crippen LogP contribution in [0.5, 0.6) is 0 Å². The van der Waals surface area contributed by atoms with E-state index in [0.29, 0.717) is 11.6 Å². The Morgan fingerprint density at radius 1 is 1.21 bits per heavy atom. The van der Waals surface area contributed by atoms with Gasteiger partial charge in [-0.2, -0.15) is 0 Å². The predicted molar refractivity (Wildman–Crippen MR) is 111 cm³/mol. The van der Waals surface area contributed by atoms with Gasteiger partial charge in [-0.3, -0.25) is 4.90 Å². The number of hydrogen-bond acceptors (Lipinski definition) is 3. The van der Waals surface area contributed by atoms with Crippen LogP contribution in [-0.2, 0) is 0 Å². The van der Waals surface area contributed by atoms with Crippen LogP contribution >= 0.6 is 9.39 Å². The molecule has 2 unspecified atom stereocenters. The Bertz CT molecular complexity index is 512. The van der Waals surface area contributed by atoms with Crippen LogP contribution in [0.15, 0.2) is 18.2 Å². The third-order valence-corrected chi connectivity index (χ3v) is 6.09. The second-order valence-corrected chi connectivity index (χ2v) is 7.84. The van der Waals surface area contributed by atoms with E-state index in [-0.39, 0.29) is 0 Å². The lowest BCUT2D eigenvalue weighted by molar-refractivity contribution is 0.0641. The number of benzene rings is 1. The minimum absolute atomic E-state index is 0.386. The van der Waals surface area contributed by atoms with Crippen molar-refractivity contribution in [1.82, 2.24) is 4.90 Å². The molecule has 0 amide bonds. The average Bonchev–Trinajstić information content (AvgIpc) is 2.60. The van der Waals surface area contributed by atoms with Crippen LogP contribution in [0.1, 0.15) is 64.9 Å². The summed E-state index contributed by atoms with van der Waals surface area (Å²) in [6.07, 6.45) is 7.68. The lowest BCUT2D eigenvalue weighted by atomic mass is 9.87. The summed E-state index contributed by atoms with van der Waals surface area (Å²) in [5.41, 5.74) is 4.08. The van der Waals surface area contributed by atoms with Crippen LogP contribution in [0.25, 0.3) is 0 Å². The van der Waals surface area contributed by atoms with Gasteiger partial charge in [0.25, 0.3) is 0 Å². The first-order valence-corrected chi connectivity index (χ1v) is 10.2. The van der Waals surface area contributed by atoms with Crippen molar-refractivity contribution in [1.29, 1.82) is 0 Å². The lowest BCUT2D eigenvalue weighted by Crippen LogP contribution is -2.51. The zero-order chi connectivity index (χ0) is 17.6. The van der Waals surface area contributed by atoms with Crippen LogP contribution in [-0.4, -0.2) is 29.6 Å². The Balaban J connectivity index is 1.94. The number of rotatable bonds is 8. The maximum Gasteiger partial charge on any atom is 0.0604 e. The highest BCUT2D eigenvalue weighted by atomic mass is 31.0. The molecule has 0 saturated carbocycles. The van der Waals surface area contributed by atoms with E-state index in [1.54, 1.807) is 0 Å². The molecule has 0 spiro atoms. The fourth-order valence-corrected chi connectivity index (χ4v) is 4.05. The monoisotopic (exact) mass is 349 g/mol. The Labute approximate surface area is 151 Å². The molecule has 2 atom stereocenters. The van der Waals surface area contributed by atoms with Gasteiger partial charge < -0.3 is 10.4 Å². The van der Waals surface area contributed by atoms with E-state index in [1.165, 1.54) is 62.9 Å². The second-order valence-electron chi connectivity index (χ2n) is 7.55. The first kappa shape index (κ1) is 19.5. The molecule has 1 saturated heterocycles. The van der Waals surface area contributed by atoms with Gasteiger partial charge in [0.05, 0.1) is 11.4 Å². The molecule has 1 aromatic carbocycles. The maximum absolute atomic E-state index is 3.77. The summed E-state index contributed by atoms with van der Waals surface area (Å²) in [6.45, 7) is 11.7. The number of nitrogens with zero attached hydrogens (tertiary/aromatic N) is 1. The molecule has 2 N–H and O–H groups in total. The fraction of sp³-hybridized carbons (Fsp3) is 0.700. The second kappa shape index (κ2) is 9.06. The van der Waals surface area contributed by atoms with Crippen molar-refractivity contribution < 1.29 is 0 Å². The summed E-state index contributed by atoms with van der Waals surface area (Å²) in [5, 5.41) is 6.99. The molecule has 136 valence electrons. The van der Waals surface area contributed by atoms with Crippen molar-refractivity contribution in [3.63, 3.8) is 0 Å². The number of unbranched alkanes of at least 4 members (excludes halogenated alkanes) is 1. The molecule has 0 bridgehead atoms. The molecular weight excluding hydrogens is 313 g/mol. The van der Waals surface area contributed by atoms with E-state index in [0.717, 1.165) is 5.69 Å². The van der Waals surface area contributed by atoms with E-state index < -0.39 is 0 Å². The molecule has 0 aromatic heterocycles. The Kier molecular flexibility index (Phi) is 7.37. The van der Waals surface area contributed by atoms with Crippen LogP contribution in [0.3, 0.4) is 0 Å². The van der Waals surface area contributed by atoms with Gasteiger partial charge >= 0.3 is 0 Å². The van der Waals surface area contributed by atoms with E-state index in [9.17, 15) is 0 Å². The molecule has 1 heterocycles. The minimum Gasteiger partial charge on any atom is -0.381 e. The summed E-state index contributed by atoms with van der Waals surface area (Å²) < 4.78 is 0. The zero-order valence-electron chi connectivity index (χ0n) is 16.0. The van der Waals surface area contributed by atoms with Gasteiger partial charge in [0.15, 0.2) is 0 Å². The van der Waals surface area contributed by atoms with E-state index in [4.69, 9.17) is 0 Å². The van der Waals surface area contributed by atoms with Gasteiger partial charge in [-0.1, -0.05) is 32.8 Å². The fourth-order valence-electron chi connectivity index (χ4n) is 3.80. The largest absolute Gasteiger partial charge is 0.381 e. The Morgan fingerprint density at radius 2 is 1.92 bits per heavy atom. The quantitative estimate of drug-likeness (QED) is 0.613. The third-order valence-electron chi connectivity index (χ3n) is 5.78. The number of hydrogen-bond donors (Lipinski definition) is 2. The molecule has 3 nitrogen and oxygen atoms in total. The van der Waals surface area contributed by atoms with Crippen molar-refractivity contribution in [3.8, 4) is 0 Å². The summed E-state index contributed by atoms with van der Waals surface area (Å²) in [5.74, 6) is 0. The third kappa shape index (κ3) is 4.86. The number of nitrogens with one attached hydrogen (secondary N) is 2. The highest BCUT2D eigenvalue weighted by molar-refractivity contribution is 7.18. The van der Waals surface area contributed by atoms with Crippen LogP contribution < -0.4 is 10.4 Å². The molecule has 2 rings (SSSR count). The summed E-state index contributed by atoms with van der Waals surface area (Å²) in [7, 11) is 2.61. The average molecular weight is 350 g/mol. The number of likely N-dealkylation sites (tertiary alicyclic amines) is 1. The van der Waals surface area contributed by atoms with E-state index >= 15 is 0 Å². The van der Waals surface area contributed by atoms with Crippen molar-refractivity contribution >= 4 is 20.8 Å². The van der Waals surface area contributed by atoms with Gasteiger partial charge in [0.1, 0.15) is 0 Å². The first-order chi connectivity index (χ1) is 11.5. The SMILES string of the molecule is CCCCC(C)(CC)N1CCC(Nc2cc(C)ccc2NP)CC1. The number of aryl methyl sites for hydroxylation is 1.